The largest absolute Gasteiger partial charge is 0.323 e. The van der Waals surface area contributed by atoms with E-state index in [2.05, 4.69) is 16.5 Å². The van der Waals surface area contributed by atoms with Crippen molar-refractivity contribution in [1.82, 2.24) is 9.78 Å². The van der Waals surface area contributed by atoms with E-state index in [1.807, 2.05) is 33.0 Å². The van der Waals surface area contributed by atoms with Crippen LogP contribution in [-0.4, -0.2) is 21.5 Å². The highest BCUT2D eigenvalue weighted by atomic mass is 16.2. The van der Waals surface area contributed by atoms with Crippen LogP contribution in [0.4, 0.5) is 5.69 Å². The molecule has 0 unspecified atom stereocenters. The number of aryl methyl sites for hydroxylation is 4. The first-order chi connectivity index (χ1) is 12.0. The van der Waals surface area contributed by atoms with Gasteiger partial charge in [0.1, 0.15) is 0 Å². The van der Waals surface area contributed by atoms with E-state index in [0.29, 0.717) is 0 Å². The first kappa shape index (κ1) is 17.4. The quantitative estimate of drug-likeness (QED) is 0.848. The second-order valence-corrected chi connectivity index (χ2v) is 6.83. The van der Waals surface area contributed by atoms with Crippen LogP contribution in [0.2, 0.25) is 0 Å². The lowest BCUT2D eigenvalue weighted by molar-refractivity contribution is -0.116. The summed E-state index contributed by atoms with van der Waals surface area (Å²) in [6.07, 6.45) is 4.99. The molecular formula is C20H25N3O2. The summed E-state index contributed by atoms with van der Waals surface area (Å²) in [6.45, 7) is 3.77. The van der Waals surface area contributed by atoms with Crippen LogP contribution in [0.25, 0.3) is 0 Å². The maximum Gasteiger partial charge on any atom is 0.224 e. The molecule has 0 fully saturated rings. The molecule has 0 radical (unpaired) electrons. The number of hydrogen-bond donors (Lipinski definition) is 1. The van der Waals surface area contributed by atoms with E-state index in [1.54, 1.807) is 4.68 Å². The van der Waals surface area contributed by atoms with Crippen LogP contribution in [0.15, 0.2) is 18.2 Å². The Morgan fingerprint density at radius 1 is 1.12 bits per heavy atom. The molecule has 0 bridgehead atoms. The number of nitrogens with one attached hydrogen (secondary N) is 1. The number of carbonyl (C=O) groups is 2. The first-order valence-electron chi connectivity index (χ1n) is 8.90. The lowest BCUT2D eigenvalue weighted by atomic mass is 9.89. The predicted molar refractivity (Wildman–Crippen MR) is 98.0 cm³/mol. The number of fused-ring (bicyclic) bond motifs is 1. The molecule has 0 aliphatic heterocycles. The number of carbonyl (C=O) groups excluding carboxylic acids is 2. The topological polar surface area (TPSA) is 64.0 Å². The summed E-state index contributed by atoms with van der Waals surface area (Å²) in [6, 6.07) is 5.99. The molecule has 1 aromatic heterocycles. The van der Waals surface area contributed by atoms with E-state index < -0.39 is 0 Å². The van der Waals surface area contributed by atoms with Crippen LogP contribution in [0, 0.1) is 13.8 Å². The van der Waals surface area contributed by atoms with Gasteiger partial charge in [-0.3, -0.25) is 14.3 Å². The van der Waals surface area contributed by atoms with Crippen molar-refractivity contribution in [3.05, 3.63) is 46.3 Å². The minimum Gasteiger partial charge on any atom is -0.323 e. The van der Waals surface area contributed by atoms with Gasteiger partial charge in [0.2, 0.25) is 5.91 Å². The molecule has 2 aromatic rings. The molecule has 3 rings (SSSR count). The Morgan fingerprint density at radius 3 is 2.52 bits per heavy atom. The molecule has 5 nitrogen and oxygen atoms in total. The summed E-state index contributed by atoms with van der Waals surface area (Å²) in [7, 11) is 1.84. The maximum atomic E-state index is 12.4. The minimum atomic E-state index is -0.148. The Labute approximate surface area is 148 Å². The maximum absolute atomic E-state index is 12.4. The molecular weight excluding hydrogens is 314 g/mol. The number of amides is 1. The van der Waals surface area contributed by atoms with Crippen LogP contribution >= 0.6 is 0 Å². The van der Waals surface area contributed by atoms with Crippen LogP contribution in [0.1, 0.15) is 58.6 Å². The van der Waals surface area contributed by atoms with Crippen molar-refractivity contribution in [2.75, 3.05) is 5.32 Å². The molecule has 25 heavy (non-hydrogen) atoms. The highest BCUT2D eigenvalue weighted by Gasteiger charge is 2.16. The van der Waals surface area contributed by atoms with Gasteiger partial charge in [0.05, 0.1) is 17.1 Å². The molecule has 0 saturated carbocycles. The van der Waals surface area contributed by atoms with Gasteiger partial charge in [0, 0.05) is 25.5 Å². The van der Waals surface area contributed by atoms with E-state index in [0.717, 1.165) is 35.5 Å². The van der Waals surface area contributed by atoms with Crippen LogP contribution in [-0.2, 0) is 24.7 Å². The molecule has 1 aliphatic rings. The van der Waals surface area contributed by atoms with Gasteiger partial charge < -0.3 is 5.32 Å². The second kappa shape index (κ2) is 7.21. The van der Waals surface area contributed by atoms with Gasteiger partial charge in [-0.25, -0.2) is 0 Å². The zero-order valence-electron chi connectivity index (χ0n) is 15.2. The molecule has 5 heteroatoms. The van der Waals surface area contributed by atoms with Crippen molar-refractivity contribution in [3.8, 4) is 0 Å². The third-order valence-electron chi connectivity index (χ3n) is 5.02. The Morgan fingerprint density at radius 2 is 1.84 bits per heavy atom. The molecule has 1 N–H and O–H groups in total. The first-order valence-corrected chi connectivity index (χ1v) is 8.90. The Kier molecular flexibility index (Phi) is 5.02. The highest BCUT2D eigenvalue weighted by Crippen LogP contribution is 2.23. The normalized spacial score (nSPS) is 13.4. The Hall–Kier alpha value is -2.43. The summed E-state index contributed by atoms with van der Waals surface area (Å²) in [4.78, 5) is 24.6. The molecule has 0 atom stereocenters. The van der Waals surface area contributed by atoms with Gasteiger partial charge in [-0.05, 0) is 56.7 Å². The fourth-order valence-electron chi connectivity index (χ4n) is 3.43. The van der Waals surface area contributed by atoms with Gasteiger partial charge in [0.25, 0.3) is 0 Å². The van der Waals surface area contributed by atoms with Gasteiger partial charge in [-0.15, -0.1) is 0 Å². The second-order valence-electron chi connectivity index (χ2n) is 6.83. The number of anilines is 1. The summed E-state index contributed by atoms with van der Waals surface area (Å²) >= 11 is 0. The van der Waals surface area contributed by atoms with Crippen molar-refractivity contribution in [1.29, 1.82) is 0 Å². The molecule has 1 heterocycles. The lowest BCUT2D eigenvalue weighted by Crippen LogP contribution is -2.15. The number of benzene rings is 1. The summed E-state index contributed by atoms with van der Waals surface area (Å²) in [5.74, 6) is -0.117. The number of aromatic nitrogens is 2. The number of nitrogens with zero attached hydrogens (tertiary/aromatic N) is 2. The molecule has 132 valence electrons. The number of ketones is 1. The summed E-state index contributed by atoms with van der Waals surface area (Å²) in [5.41, 5.74) is 5.82. The van der Waals surface area contributed by atoms with Crippen LogP contribution < -0.4 is 5.32 Å². The van der Waals surface area contributed by atoms with E-state index in [-0.39, 0.29) is 24.5 Å². The number of hydrogen-bond acceptors (Lipinski definition) is 3. The van der Waals surface area contributed by atoms with Crippen molar-refractivity contribution >= 4 is 17.4 Å². The highest BCUT2D eigenvalue weighted by molar-refractivity contribution is 6.00. The van der Waals surface area contributed by atoms with Gasteiger partial charge in [-0.1, -0.05) is 12.1 Å². The molecule has 1 aliphatic carbocycles. The third kappa shape index (κ3) is 3.81. The van der Waals surface area contributed by atoms with E-state index in [4.69, 9.17) is 0 Å². The SMILES string of the molecule is Cc1nn(C)c(C)c1NC(=O)CCC(=O)c1ccc2c(c1)CCCC2. The smallest absolute Gasteiger partial charge is 0.224 e. The fourth-order valence-corrected chi connectivity index (χ4v) is 3.43. The van der Waals surface area contributed by atoms with E-state index in [1.165, 1.54) is 24.0 Å². The Bertz CT molecular complexity index is 821. The molecule has 1 aromatic carbocycles. The zero-order chi connectivity index (χ0) is 18.0. The summed E-state index contributed by atoms with van der Waals surface area (Å²) in [5, 5.41) is 7.16. The van der Waals surface area contributed by atoms with E-state index >= 15 is 0 Å². The summed E-state index contributed by atoms with van der Waals surface area (Å²) < 4.78 is 1.74. The molecule has 0 spiro atoms. The molecule has 0 saturated heterocycles. The minimum absolute atomic E-state index is 0.0307. The van der Waals surface area contributed by atoms with Crippen molar-refractivity contribution < 1.29 is 9.59 Å². The lowest BCUT2D eigenvalue weighted by Gasteiger charge is -2.16. The van der Waals surface area contributed by atoms with Crippen molar-refractivity contribution in [3.63, 3.8) is 0 Å². The van der Waals surface area contributed by atoms with Crippen LogP contribution in [0.5, 0.6) is 0 Å². The number of rotatable bonds is 5. The standard InChI is InChI=1S/C20H25N3O2/c1-13-20(14(2)23(3)22-13)21-19(25)11-10-18(24)17-9-8-15-6-4-5-7-16(15)12-17/h8-9,12H,4-7,10-11H2,1-3H3,(H,21,25). The van der Waals surface area contributed by atoms with Crippen LogP contribution in [0.3, 0.4) is 0 Å². The van der Waals surface area contributed by atoms with E-state index in [9.17, 15) is 9.59 Å². The fraction of sp³-hybridized carbons (Fsp3) is 0.450. The average molecular weight is 339 g/mol. The number of Topliss-reactive ketones (excluding diaryl/α,β-unsaturated/α-hetero) is 1. The average Bonchev–Trinajstić information content (AvgIpc) is 2.85. The van der Waals surface area contributed by atoms with Crippen molar-refractivity contribution in [2.24, 2.45) is 7.05 Å². The predicted octanol–water partition coefficient (Wildman–Crippen LogP) is 3.52. The third-order valence-corrected chi connectivity index (χ3v) is 5.02. The zero-order valence-corrected chi connectivity index (χ0v) is 15.2. The van der Waals surface area contributed by atoms with Gasteiger partial charge >= 0.3 is 0 Å². The van der Waals surface area contributed by atoms with Gasteiger partial charge in [-0.2, -0.15) is 5.10 Å². The van der Waals surface area contributed by atoms with Gasteiger partial charge in [0.15, 0.2) is 5.78 Å². The monoisotopic (exact) mass is 339 g/mol. The Balaban J connectivity index is 1.59. The molecule has 1 amide bonds. The van der Waals surface area contributed by atoms with Crippen molar-refractivity contribution in [2.45, 2.75) is 52.4 Å².